The number of aliphatic hydroxyl groups is 1. The molecule has 3 aromatic carbocycles. The number of carbonyl (C=O) groups is 2. The summed E-state index contributed by atoms with van der Waals surface area (Å²) in [4.78, 5) is 28.3. The van der Waals surface area contributed by atoms with Crippen LogP contribution in [-0.4, -0.2) is 70.7 Å². The summed E-state index contributed by atoms with van der Waals surface area (Å²) in [5.74, 6) is -0.842. The predicted molar refractivity (Wildman–Crippen MR) is 177 cm³/mol. The predicted octanol–water partition coefficient (Wildman–Crippen LogP) is 5.91. The number of nitrogens with zero attached hydrogens (tertiary/aromatic N) is 2. The molecule has 0 aliphatic carbocycles. The minimum atomic E-state index is -0.779. The number of benzene rings is 3. The average molecular weight is 630 g/mol. The number of unbranched alkanes of at least 4 members (excludes halogenated alkanes) is 3. The SMILES string of the molecule is O=C(O)CCCCCCC(=O)Nc1cccc(C2OC(CN3CCN(Cc4ccccc4)CC3)CC(c3ccc(CO)cc3)O2)c1. The van der Waals surface area contributed by atoms with E-state index in [0.29, 0.717) is 18.5 Å². The van der Waals surface area contributed by atoms with Crippen molar-refractivity contribution in [3.63, 3.8) is 0 Å². The average Bonchev–Trinajstić information content (AvgIpc) is 3.07. The van der Waals surface area contributed by atoms with Gasteiger partial charge in [0.15, 0.2) is 6.29 Å². The van der Waals surface area contributed by atoms with Gasteiger partial charge in [-0.3, -0.25) is 19.4 Å². The molecule has 0 radical (unpaired) electrons. The fourth-order valence-corrected chi connectivity index (χ4v) is 6.19. The first-order valence-corrected chi connectivity index (χ1v) is 16.6. The van der Waals surface area contributed by atoms with Gasteiger partial charge in [-0.1, -0.05) is 79.6 Å². The normalized spacial score (nSPS) is 20.8. The highest BCUT2D eigenvalue weighted by molar-refractivity contribution is 5.90. The van der Waals surface area contributed by atoms with Crippen LogP contribution in [0.1, 0.15) is 79.6 Å². The zero-order valence-corrected chi connectivity index (χ0v) is 26.6. The number of carbonyl (C=O) groups excluding carboxylic acids is 1. The molecule has 3 unspecified atom stereocenters. The Bertz CT molecular complexity index is 1380. The van der Waals surface area contributed by atoms with E-state index in [2.05, 4.69) is 45.4 Å². The van der Waals surface area contributed by atoms with Crippen LogP contribution in [0.3, 0.4) is 0 Å². The van der Waals surface area contributed by atoms with E-state index in [0.717, 1.165) is 81.6 Å². The summed E-state index contributed by atoms with van der Waals surface area (Å²) in [5, 5.41) is 21.3. The first kappa shape index (κ1) is 33.8. The molecule has 0 saturated carbocycles. The highest BCUT2D eigenvalue weighted by atomic mass is 16.7. The third-order valence-electron chi connectivity index (χ3n) is 8.78. The number of aliphatic hydroxyl groups excluding tert-OH is 1. The Morgan fingerprint density at radius 2 is 1.48 bits per heavy atom. The quantitative estimate of drug-likeness (QED) is 0.178. The van der Waals surface area contributed by atoms with Gasteiger partial charge >= 0.3 is 5.97 Å². The van der Waals surface area contributed by atoms with Crippen molar-refractivity contribution in [3.8, 4) is 0 Å². The summed E-state index contributed by atoms with van der Waals surface area (Å²) in [5.41, 5.74) is 4.80. The summed E-state index contributed by atoms with van der Waals surface area (Å²) in [6.07, 6.45) is 3.47. The molecule has 0 aromatic heterocycles. The van der Waals surface area contributed by atoms with E-state index in [1.54, 1.807) is 0 Å². The van der Waals surface area contributed by atoms with Gasteiger partial charge < -0.3 is 25.0 Å². The summed E-state index contributed by atoms with van der Waals surface area (Å²) in [7, 11) is 0. The second-order valence-electron chi connectivity index (χ2n) is 12.4. The fourth-order valence-electron chi connectivity index (χ4n) is 6.19. The Kier molecular flexibility index (Phi) is 12.7. The number of hydrogen-bond acceptors (Lipinski definition) is 7. The Balaban J connectivity index is 1.19. The molecule has 2 fully saturated rings. The van der Waals surface area contributed by atoms with Crippen LogP contribution in [0.2, 0.25) is 0 Å². The van der Waals surface area contributed by atoms with E-state index in [-0.39, 0.29) is 31.1 Å². The van der Waals surface area contributed by atoms with Gasteiger partial charge in [-0.05, 0) is 41.7 Å². The summed E-state index contributed by atoms with van der Waals surface area (Å²) in [6.45, 7) is 5.77. The highest BCUT2D eigenvalue weighted by Crippen LogP contribution is 2.38. The molecule has 1 amide bonds. The zero-order valence-electron chi connectivity index (χ0n) is 26.6. The third-order valence-corrected chi connectivity index (χ3v) is 8.78. The number of aliphatic carboxylic acids is 1. The van der Waals surface area contributed by atoms with Gasteiger partial charge in [-0.15, -0.1) is 0 Å². The molecule has 3 N–H and O–H groups in total. The molecule has 3 aromatic rings. The van der Waals surface area contributed by atoms with Gasteiger partial charge in [-0.25, -0.2) is 0 Å². The van der Waals surface area contributed by atoms with Crippen LogP contribution in [0, 0.1) is 0 Å². The van der Waals surface area contributed by atoms with Gasteiger partial charge in [0.1, 0.15) is 0 Å². The van der Waals surface area contributed by atoms with Crippen molar-refractivity contribution >= 4 is 17.6 Å². The largest absolute Gasteiger partial charge is 0.481 e. The molecule has 9 heteroatoms. The Hall–Kier alpha value is -3.60. The second-order valence-corrected chi connectivity index (χ2v) is 12.4. The van der Waals surface area contributed by atoms with E-state index >= 15 is 0 Å². The van der Waals surface area contributed by atoms with Crippen LogP contribution in [0.5, 0.6) is 0 Å². The lowest BCUT2D eigenvalue weighted by atomic mass is 9.99. The van der Waals surface area contributed by atoms with Gasteiger partial charge in [0.25, 0.3) is 0 Å². The lowest BCUT2D eigenvalue weighted by molar-refractivity contribution is -0.253. The summed E-state index contributed by atoms with van der Waals surface area (Å²) >= 11 is 0. The molecule has 9 nitrogen and oxygen atoms in total. The molecule has 0 spiro atoms. The monoisotopic (exact) mass is 629 g/mol. The van der Waals surface area contributed by atoms with E-state index in [4.69, 9.17) is 14.6 Å². The summed E-state index contributed by atoms with van der Waals surface area (Å²) < 4.78 is 13.1. The molecule has 2 heterocycles. The number of amides is 1. The van der Waals surface area contributed by atoms with Crippen LogP contribution in [-0.2, 0) is 32.2 Å². The molecule has 2 saturated heterocycles. The second kappa shape index (κ2) is 17.4. The Morgan fingerprint density at radius 3 is 2.20 bits per heavy atom. The number of nitrogens with one attached hydrogen (secondary N) is 1. The molecule has 0 bridgehead atoms. The number of carboxylic acid groups (broad SMARTS) is 1. The van der Waals surface area contributed by atoms with Gasteiger partial charge in [0.05, 0.1) is 18.8 Å². The topological polar surface area (TPSA) is 112 Å². The molecule has 46 heavy (non-hydrogen) atoms. The molecular formula is C37H47N3O6. The van der Waals surface area contributed by atoms with E-state index in [1.807, 2.05) is 48.5 Å². The van der Waals surface area contributed by atoms with Crippen molar-refractivity contribution in [3.05, 3.63) is 101 Å². The van der Waals surface area contributed by atoms with Crippen molar-refractivity contribution in [2.45, 2.75) is 76.6 Å². The van der Waals surface area contributed by atoms with Crippen LogP contribution in [0.15, 0.2) is 78.9 Å². The smallest absolute Gasteiger partial charge is 0.303 e. The number of carboxylic acids is 1. The maximum Gasteiger partial charge on any atom is 0.303 e. The number of ether oxygens (including phenoxy) is 2. The van der Waals surface area contributed by atoms with Crippen molar-refractivity contribution < 1.29 is 29.3 Å². The van der Waals surface area contributed by atoms with Crippen molar-refractivity contribution in [2.24, 2.45) is 0 Å². The van der Waals surface area contributed by atoms with Crippen LogP contribution < -0.4 is 5.32 Å². The Labute approximate surface area is 272 Å². The number of piperazine rings is 1. The van der Waals surface area contributed by atoms with E-state index in [1.165, 1.54) is 5.56 Å². The first-order chi connectivity index (χ1) is 22.4. The zero-order chi connectivity index (χ0) is 32.1. The molecule has 246 valence electrons. The minimum Gasteiger partial charge on any atom is -0.481 e. The fraction of sp³-hybridized carbons (Fsp3) is 0.459. The molecule has 5 rings (SSSR count). The summed E-state index contributed by atoms with van der Waals surface area (Å²) in [6, 6.07) is 26.2. The minimum absolute atomic E-state index is 0.000347. The lowest BCUT2D eigenvalue weighted by Crippen LogP contribution is -2.49. The molecule has 2 aliphatic rings. The van der Waals surface area contributed by atoms with Crippen molar-refractivity contribution in [1.29, 1.82) is 0 Å². The van der Waals surface area contributed by atoms with E-state index in [9.17, 15) is 14.7 Å². The Morgan fingerprint density at radius 1 is 0.761 bits per heavy atom. The maximum absolute atomic E-state index is 12.6. The van der Waals surface area contributed by atoms with E-state index < -0.39 is 12.3 Å². The number of hydrogen-bond donors (Lipinski definition) is 3. The molecule has 3 atom stereocenters. The number of rotatable bonds is 15. The molecular weight excluding hydrogens is 582 g/mol. The molecule has 2 aliphatic heterocycles. The van der Waals surface area contributed by atoms with Gasteiger partial charge in [0, 0.05) is 69.8 Å². The van der Waals surface area contributed by atoms with Crippen LogP contribution >= 0.6 is 0 Å². The standard InChI is InChI=1S/C37H47N3O6/c41-27-29-15-17-30(18-16-29)34-24-33(26-40-21-19-39(20-22-40)25-28-9-4-3-5-10-28)45-37(46-34)31-11-8-12-32(23-31)38-35(42)13-6-1-2-7-14-36(43)44/h3-5,8-12,15-18,23,33-34,37,41H,1-2,6-7,13-14,19-22,24-27H2,(H,38,42)(H,43,44). The maximum atomic E-state index is 12.6. The lowest BCUT2D eigenvalue weighted by Gasteiger charge is -2.41. The van der Waals surface area contributed by atoms with Crippen molar-refractivity contribution in [1.82, 2.24) is 9.80 Å². The van der Waals surface area contributed by atoms with Gasteiger partial charge in [-0.2, -0.15) is 0 Å². The van der Waals surface area contributed by atoms with Gasteiger partial charge in [0.2, 0.25) is 5.91 Å². The highest BCUT2D eigenvalue weighted by Gasteiger charge is 2.34. The van der Waals surface area contributed by atoms with Crippen LogP contribution in [0.25, 0.3) is 0 Å². The third kappa shape index (κ3) is 10.5. The first-order valence-electron chi connectivity index (χ1n) is 16.6. The number of anilines is 1. The van der Waals surface area contributed by atoms with Crippen molar-refractivity contribution in [2.75, 3.05) is 38.0 Å². The van der Waals surface area contributed by atoms with Crippen LogP contribution in [0.4, 0.5) is 5.69 Å².